The van der Waals surface area contributed by atoms with Gasteiger partial charge in [-0.15, -0.1) is 6.58 Å². The molecule has 0 bridgehead atoms. The molecule has 1 heterocycles. The molecule has 1 saturated heterocycles. The number of carboxylic acids is 2. The number of rotatable bonds is 4. The quantitative estimate of drug-likeness (QED) is 0.521. The first-order chi connectivity index (χ1) is 7.47. The van der Waals surface area contributed by atoms with Crippen LogP contribution in [0.4, 0.5) is 0 Å². The molecule has 1 unspecified atom stereocenters. The van der Waals surface area contributed by atoms with E-state index in [1.54, 1.807) is 0 Å². The highest BCUT2D eigenvalue weighted by Gasteiger charge is 2.34. The summed E-state index contributed by atoms with van der Waals surface area (Å²) in [5.74, 6) is -3.69. The molecule has 1 fully saturated rings. The van der Waals surface area contributed by atoms with E-state index in [2.05, 4.69) is 6.58 Å². The van der Waals surface area contributed by atoms with E-state index in [9.17, 15) is 14.4 Å². The zero-order valence-corrected chi connectivity index (χ0v) is 8.42. The first-order valence-corrected chi connectivity index (χ1v) is 4.59. The van der Waals surface area contributed by atoms with Gasteiger partial charge in [0.15, 0.2) is 0 Å². The van der Waals surface area contributed by atoms with Crippen LogP contribution in [0.3, 0.4) is 0 Å². The Morgan fingerprint density at radius 3 is 2.44 bits per heavy atom. The van der Waals surface area contributed by atoms with Gasteiger partial charge < -0.3 is 15.1 Å². The van der Waals surface area contributed by atoms with E-state index < -0.39 is 29.5 Å². The van der Waals surface area contributed by atoms with Crippen LogP contribution in [0.5, 0.6) is 0 Å². The topological polar surface area (TPSA) is 94.9 Å². The Balaban J connectivity index is 2.99. The summed E-state index contributed by atoms with van der Waals surface area (Å²) in [7, 11) is 0. The predicted molar refractivity (Wildman–Crippen MR) is 53.4 cm³/mol. The van der Waals surface area contributed by atoms with Crippen molar-refractivity contribution in [3.8, 4) is 0 Å². The molecule has 6 nitrogen and oxygen atoms in total. The molecule has 1 atom stereocenters. The molecular formula is C10H11NO5. The maximum atomic E-state index is 11.6. The van der Waals surface area contributed by atoms with E-state index in [0.29, 0.717) is 12.5 Å². The minimum atomic E-state index is -1.43. The Morgan fingerprint density at radius 1 is 1.44 bits per heavy atom. The van der Waals surface area contributed by atoms with Crippen molar-refractivity contribution in [2.24, 2.45) is 5.92 Å². The summed E-state index contributed by atoms with van der Waals surface area (Å²) in [5.41, 5.74) is -0.512. The van der Waals surface area contributed by atoms with E-state index in [4.69, 9.17) is 10.2 Å². The Bertz CT molecular complexity index is 385. The average Bonchev–Trinajstić information content (AvgIpc) is 2.55. The van der Waals surface area contributed by atoms with E-state index >= 15 is 0 Å². The number of hydrogen-bond acceptors (Lipinski definition) is 3. The van der Waals surface area contributed by atoms with Gasteiger partial charge in [-0.3, -0.25) is 4.79 Å². The van der Waals surface area contributed by atoms with Crippen LogP contribution >= 0.6 is 0 Å². The molecule has 0 aromatic carbocycles. The van der Waals surface area contributed by atoms with Gasteiger partial charge in [0.1, 0.15) is 5.70 Å². The summed E-state index contributed by atoms with van der Waals surface area (Å²) in [4.78, 5) is 33.8. The van der Waals surface area contributed by atoms with Crippen molar-refractivity contribution in [1.29, 1.82) is 0 Å². The predicted octanol–water partition coefficient (Wildman–Crippen LogP) is 0.0740. The SMILES string of the molecule is C=CC1CCN(/C(=C/C(=O)O)C(=O)O)C1=O. The first-order valence-electron chi connectivity index (χ1n) is 4.59. The standard InChI is InChI=1S/C10H11NO5/c1-2-6-3-4-11(9(6)14)7(10(15)16)5-8(12)13/h2,5-6H,1,3-4H2,(H,12,13)(H,15,16)/b7-5+. The lowest BCUT2D eigenvalue weighted by atomic mass is 10.1. The second-order valence-electron chi connectivity index (χ2n) is 3.29. The third-order valence-corrected chi connectivity index (χ3v) is 2.30. The maximum Gasteiger partial charge on any atom is 0.352 e. The highest BCUT2D eigenvalue weighted by molar-refractivity contribution is 5.99. The lowest BCUT2D eigenvalue weighted by Gasteiger charge is -2.15. The van der Waals surface area contributed by atoms with Gasteiger partial charge in [0.2, 0.25) is 5.91 Å². The molecule has 1 aliphatic heterocycles. The van der Waals surface area contributed by atoms with Gasteiger partial charge in [-0.1, -0.05) is 6.08 Å². The molecule has 2 N–H and O–H groups in total. The molecular weight excluding hydrogens is 214 g/mol. The number of hydrogen-bond donors (Lipinski definition) is 2. The van der Waals surface area contributed by atoms with Crippen molar-refractivity contribution in [2.45, 2.75) is 6.42 Å². The number of carbonyl (C=O) groups excluding carboxylic acids is 1. The summed E-state index contributed by atoms with van der Waals surface area (Å²) in [5, 5.41) is 17.3. The monoisotopic (exact) mass is 225 g/mol. The molecule has 1 amide bonds. The summed E-state index contributed by atoms with van der Waals surface area (Å²) < 4.78 is 0. The minimum Gasteiger partial charge on any atom is -0.478 e. The second kappa shape index (κ2) is 4.61. The van der Waals surface area contributed by atoms with Gasteiger partial charge in [0.05, 0.1) is 12.0 Å². The van der Waals surface area contributed by atoms with Crippen LogP contribution < -0.4 is 0 Å². The van der Waals surface area contributed by atoms with Crippen LogP contribution in [0.2, 0.25) is 0 Å². The second-order valence-corrected chi connectivity index (χ2v) is 3.29. The third-order valence-electron chi connectivity index (χ3n) is 2.30. The number of aliphatic carboxylic acids is 2. The van der Waals surface area contributed by atoms with Gasteiger partial charge >= 0.3 is 11.9 Å². The zero-order chi connectivity index (χ0) is 12.3. The molecule has 0 spiro atoms. The van der Waals surface area contributed by atoms with E-state index in [1.165, 1.54) is 6.08 Å². The largest absolute Gasteiger partial charge is 0.478 e. The van der Waals surface area contributed by atoms with Gasteiger partial charge in [-0.2, -0.15) is 0 Å². The number of carbonyl (C=O) groups is 3. The van der Waals surface area contributed by atoms with Crippen LogP contribution in [0.15, 0.2) is 24.4 Å². The number of carboxylic acid groups (broad SMARTS) is 2. The van der Waals surface area contributed by atoms with Crippen molar-refractivity contribution in [3.05, 3.63) is 24.4 Å². The van der Waals surface area contributed by atoms with E-state index in [0.717, 1.165) is 4.90 Å². The molecule has 16 heavy (non-hydrogen) atoms. The molecule has 0 aromatic rings. The van der Waals surface area contributed by atoms with Gasteiger partial charge in [-0.25, -0.2) is 9.59 Å². The van der Waals surface area contributed by atoms with Crippen LogP contribution in [-0.2, 0) is 14.4 Å². The summed E-state index contributed by atoms with van der Waals surface area (Å²) in [6, 6.07) is 0. The smallest absolute Gasteiger partial charge is 0.352 e. The molecule has 1 aliphatic rings. The molecule has 86 valence electrons. The molecule has 6 heteroatoms. The summed E-state index contributed by atoms with van der Waals surface area (Å²) in [6.07, 6.45) is 2.40. The Labute approximate surface area is 91.5 Å². The fourth-order valence-electron chi connectivity index (χ4n) is 1.53. The van der Waals surface area contributed by atoms with Crippen molar-refractivity contribution in [1.82, 2.24) is 4.90 Å². The fraction of sp³-hybridized carbons (Fsp3) is 0.300. The van der Waals surface area contributed by atoms with Crippen molar-refractivity contribution < 1.29 is 24.6 Å². The number of nitrogens with zero attached hydrogens (tertiary/aromatic N) is 1. The normalized spacial score (nSPS) is 21.0. The Morgan fingerprint density at radius 2 is 2.06 bits per heavy atom. The Hall–Kier alpha value is -2.11. The van der Waals surface area contributed by atoms with Crippen molar-refractivity contribution in [2.75, 3.05) is 6.54 Å². The van der Waals surface area contributed by atoms with Gasteiger partial charge in [0.25, 0.3) is 0 Å². The molecule has 1 rings (SSSR count). The lowest BCUT2D eigenvalue weighted by molar-refractivity contribution is -0.139. The van der Waals surface area contributed by atoms with E-state index in [1.807, 2.05) is 0 Å². The molecule has 0 aliphatic carbocycles. The van der Waals surface area contributed by atoms with Crippen LogP contribution in [0.1, 0.15) is 6.42 Å². The van der Waals surface area contributed by atoms with Crippen molar-refractivity contribution in [3.63, 3.8) is 0 Å². The summed E-state index contributed by atoms with van der Waals surface area (Å²) in [6.45, 7) is 3.66. The lowest BCUT2D eigenvalue weighted by Crippen LogP contribution is -2.31. The molecule has 0 aromatic heterocycles. The third kappa shape index (κ3) is 2.28. The molecule has 0 radical (unpaired) electrons. The number of amides is 1. The van der Waals surface area contributed by atoms with Crippen molar-refractivity contribution >= 4 is 17.8 Å². The van der Waals surface area contributed by atoms with Gasteiger partial charge in [-0.05, 0) is 6.42 Å². The van der Waals surface area contributed by atoms with Gasteiger partial charge in [0, 0.05) is 6.54 Å². The Kier molecular flexibility index (Phi) is 3.44. The fourth-order valence-corrected chi connectivity index (χ4v) is 1.53. The highest BCUT2D eigenvalue weighted by Crippen LogP contribution is 2.22. The maximum absolute atomic E-state index is 11.6. The highest BCUT2D eigenvalue weighted by atomic mass is 16.4. The summed E-state index contributed by atoms with van der Waals surface area (Å²) >= 11 is 0. The zero-order valence-electron chi connectivity index (χ0n) is 8.42. The van der Waals surface area contributed by atoms with E-state index in [-0.39, 0.29) is 6.54 Å². The first kappa shape index (κ1) is 12.0. The van der Waals surface area contributed by atoms with Crippen LogP contribution in [0, 0.1) is 5.92 Å². The van der Waals surface area contributed by atoms with Crippen LogP contribution in [0.25, 0.3) is 0 Å². The molecule has 0 saturated carbocycles. The average molecular weight is 225 g/mol. The van der Waals surface area contributed by atoms with Crippen LogP contribution in [-0.4, -0.2) is 39.5 Å². The number of likely N-dealkylation sites (tertiary alicyclic amines) is 1. The minimum absolute atomic E-state index is 0.195.